The Morgan fingerprint density at radius 2 is 1.70 bits per heavy atom. The lowest BCUT2D eigenvalue weighted by Gasteiger charge is -2.31. The van der Waals surface area contributed by atoms with Crippen LogP contribution in [-0.2, 0) is 9.53 Å². The minimum Gasteiger partial charge on any atom is -0.368 e. The van der Waals surface area contributed by atoms with Crippen molar-refractivity contribution in [1.82, 2.24) is 5.32 Å². The van der Waals surface area contributed by atoms with Crippen LogP contribution in [0, 0.1) is 0 Å². The molecule has 1 amide bonds. The van der Waals surface area contributed by atoms with E-state index in [1.54, 1.807) is 0 Å². The molecule has 0 aromatic heterocycles. The zero-order chi connectivity index (χ0) is 15.8. The van der Waals surface area contributed by atoms with Crippen LogP contribution in [0.15, 0.2) is 0 Å². The molecular formula is C10H14F6N2O2. The van der Waals surface area contributed by atoms with Gasteiger partial charge in [0.2, 0.25) is 12.0 Å². The smallest absolute Gasteiger partial charge is 0.368 e. The molecule has 0 bridgehead atoms. The Hall–Kier alpha value is -1.03. The monoisotopic (exact) mass is 308 g/mol. The SMILES string of the molecule is CC(COC(C(F)(F)F)C(F)(F)F)(NC1CC1)C(N)=O. The topological polar surface area (TPSA) is 64.3 Å². The Balaban J connectivity index is 2.75. The van der Waals surface area contributed by atoms with E-state index in [4.69, 9.17) is 5.73 Å². The number of carbonyl (C=O) groups excluding carboxylic acids is 1. The number of primary amides is 1. The molecule has 0 radical (unpaired) electrons. The van der Waals surface area contributed by atoms with Crippen LogP contribution in [0.2, 0.25) is 0 Å². The molecule has 118 valence electrons. The first kappa shape index (κ1) is 17.0. The van der Waals surface area contributed by atoms with Gasteiger partial charge in [-0.3, -0.25) is 10.1 Å². The van der Waals surface area contributed by atoms with Gasteiger partial charge in [-0.05, 0) is 19.8 Å². The molecule has 1 fully saturated rings. The van der Waals surface area contributed by atoms with Gasteiger partial charge in [-0.15, -0.1) is 0 Å². The van der Waals surface area contributed by atoms with Crippen molar-refractivity contribution in [2.75, 3.05) is 6.61 Å². The van der Waals surface area contributed by atoms with Crippen LogP contribution in [0.3, 0.4) is 0 Å². The van der Waals surface area contributed by atoms with Crippen LogP contribution in [0.4, 0.5) is 26.3 Å². The number of nitrogens with one attached hydrogen (secondary N) is 1. The quantitative estimate of drug-likeness (QED) is 0.731. The molecular weight excluding hydrogens is 294 g/mol. The Morgan fingerprint density at radius 3 is 2.00 bits per heavy atom. The van der Waals surface area contributed by atoms with Gasteiger partial charge in [0.15, 0.2) is 0 Å². The second-order valence-corrected chi connectivity index (χ2v) is 4.89. The first-order chi connectivity index (χ1) is 8.86. The van der Waals surface area contributed by atoms with Gasteiger partial charge in [-0.2, -0.15) is 26.3 Å². The van der Waals surface area contributed by atoms with Gasteiger partial charge < -0.3 is 10.5 Å². The molecule has 1 unspecified atom stereocenters. The summed E-state index contributed by atoms with van der Waals surface area (Å²) in [7, 11) is 0. The summed E-state index contributed by atoms with van der Waals surface area (Å²) >= 11 is 0. The normalized spacial score (nSPS) is 20.0. The number of carbonyl (C=O) groups is 1. The van der Waals surface area contributed by atoms with Crippen LogP contribution in [0.5, 0.6) is 0 Å². The number of hydrogen-bond donors (Lipinski definition) is 2. The summed E-state index contributed by atoms with van der Waals surface area (Å²) in [5.41, 5.74) is 3.23. The Morgan fingerprint density at radius 1 is 1.25 bits per heavy atom. The van der Waals surface area contributed by atoms with Gasteiger partial charge in [0.1, 0.15) is 5.54 Å². The van der Waals surface area contributed by atoms with Crippen molar-refractivity contribution < 1.29 is 35.9 Å². The second kappa shape index (κ2) is 5.40. The molecule has 0 aromatic rings. The maximum absolute atomic E-state index is 12.3. The van der Waals surface area contributed by atoms with Gasteiger partial charge in [0.25, 0.3) is 0 Å². The van der Waals surface area contributed by atoms with Gasteiger partial charge in [0, 0.05) is 6.04 Å². The lowest BCUT2D eigenvalue weighted by molar-refractivity contribution is -0.323. The predicted molar refractivity (Wildman–Crippen MR) is 55.6 cm³/mol. The van der Waals surface area contributed by atoms with Crippen molar-refractivity contribution >= 4 is 5.91 Å². The lowest BCUT2D eigenvalue weighted by Crippen LogP contribution is -2.59. The number of rotatable bonds is 6. The van der Waals surface area contributed by atoms with Gasteiger partial charge in [-0.1, -0.05) is 0 Å². The number of ether oxygens (including phenoxy) is 1. The minimum absolute atomic E-state index is 0.147. The zero-order valence-electron chi connectivity index (χ0n) is 10.4. The Kier molecular flexibility index (Phi) is 4.59. The van der Waals surface area contributed by atoms with Gasteiger partial charge in [-0.25, -0.2) is 0 Å². The third-order valence-corrected chi connectivity index (χ3v) is 2.78. The van der Waals surface area contributed by atoms with E-state index in [1.807, 2.05) is 0 Å². The molecule has 0 saturated heterocycles. The maximum Gasteiger partial charge on any atom is 0.423 e. The van der Waals surface area contributed by atoms with Gasteiger partial charge in [0.05, 0.1) is 6.61 Å². The van der Waals surface area contributed by atoms with E-state index in [1.165, 1.54) is 0 Å². The van der Waals surface area contributed by atoms with E-state index in [9.17, 15) is 31.1 Å². The number of halogens is 6. The minimum atomic E-state index is -5.61. The standard InChI is InChI=1S/C10H14F6N2O2/c1-8(7(17)19,18-5-2-3-5)4-20-6(9(11,12)13)10(14,15)16/h5-6,18H,2-4H2,1H3,(H2,17,19). The van der Waals surface area contributed by atoms with Crippen molar-refractivity contribution in [2.24, 2.45) is 5.73 Å². The van der Waals surface area contributed by atoms with Crippen molar-refractivity contribution in [3.05, 3.63) is 0 Å². The third-order valence-electron chi connectivity index (χ3n) is 2.78. The van der Waals surface area contributed by atoms with Gasteiger partial charge >= 0.3 is 12.4 Å². The largest absolute Gasteiger partial charge is 0.423 e. The predicted octanol–water partition coefficient (Wildman–Crippen LogP) is 1.49. The fraction of sp³-hybridized carbons (Fsp3) is 0.900. The van der Waals surface area contributed by atoms with E-state index in [0.717, 1.165) is 6.92 Å². The van der Waals surface area contributed by atoms with E-state index >= 15 is 0 Å². The van der Waals surface area contributed by atoms with Crippen LogP contribution >= 0.6 is 0 Å². The van der Waals surface area contributed by atoms with E-state index in [-0.39, 0.29) is 6.04 Å². The van der Waals surface area contributed by atoms with Crippen molar-refractivity contribution in [1.29, 1.82) is 0 Å². The van der Waals surface area contributed by atoms with E-state index in [0.29, 0.717) is 12.8 Å². The molecule has 1 aliphatic rings. The van der Waals surface area contributed by atoms with Crippen LogP contribution in [0.25, 0.3) is 0 Å². The number of amides is 1. The number of nitrogens with two attached hydrogens (primary N) is 1. The second-order valence-electron chi connectivity index (χ2n) is 4.89. The molecule has 0 aliphatic heterocycles. The average molecular weight is 308 g/mol. The highest BCUT2D eigenvalue weighted by Gasteiger charge is 2.58. The molecule has 1 saturated carbocycles. The Bertz CT molecular complexity index is 352. The average Bonchev–Trinajstić information content (AvgIpc) is 2.96. The van der Waals surface area contributed by atoms with Crippen molar-refractivity contribution in [3.8, 4) is 0 Å². The lowest BCUT2D eigenvalue weighted by atomic mass is 10.0. The number of alkyl halides is 6. The van der Waals surface area contributed by atoms with Crippen molar-refractivity contribution in [2.45, 2.75) is 49.8 Å². The van der Waals surface area contributed by atoms with E-state index < -0.39 is 36.5 Å². The zero-order valence-corrected chi connectivity index (χ0v) is 10.4. The molecule has 1 aliphatic carbocycles. The molecule has 1 rings (SSSR count). The highest BCUT2D eigenvalue weighted by atomic mass is 19.4. The summed E-state index contributed by atoms with van der Waals surface area (Å²) in [6, 6.07) is -0.147. The molecule has 0 aromatic carbocycles. The van der Waals surface area contributed by atoms with Crippen LogP contribution in [-0.4, -0.2) is 42.6 Å². The summed E-state index contributed by atoms with van der Waals surface area (Å²) in [5, 5.41) is 2.59. The van der Waals surface area contributed by atoms with Crippen molar-refractivity contribution in [3.63, 3.8) is 0 Å². The third kappa shape index (κ3) is 4.51. The van der Waals surface area contributed by atoms with Crippen LogP contribution in [0.1, 0.15) is 19.8 Å². The molecule has 0 heterocycles. The maximum atomic E-state index is 12.3. The summed E-state index contributed by atoms with van der Waals surface area (Å²) in [6.07, 6.45) is -13.8. The summed E-state index contributed by atoms with van der Waals surface area (Å²) < 4.78 is 77.6. The molecule has 4 nitrogen and oxygen atoms in total. The fourth-order valence-corrected chi connectivity index (χ4v) is 1.49. The summed E-state index contributed by atoms with van der Waals surface area (Å²) in [4.78, 5) is 11.2. The van der Waals surface area contributed by atoms with Crippen LogP contribution < -0.4 is 11.1 Å². The van der Waals surface area contributed by atoms with E-state index in [2.05, 4.69) is 10.1 Å². The number of hydrogen-bond acceptors (Lipinski definition) is 3. The first-order valence-electron chi connectivity index (χ1n) is 5.69. The molecule has 10 heteroatoms. The molecule has 1 atom stereocenters. The molecule has 0 spiro atoms. The highest BCUT2D eigenvalue weighted by Crippen LogP contribution is 2.36. The summed E-state index contributed by atoms with van der Waals surface area (Å²) in [6.45, 7) is -0.0139. The first-order valence-corrected chi connectivity index (χ1v) is 5.69. The fourth-order valence-electron chi connectivity index (χ4n) is 1.49. The molecule has 20 heavy (non-hydrogen) atoms. The highest BCUT2D eigenvalue weighted by molar-refractivity contribution is 5.84. The molecule has 3 N–H and O–H groups in total. The Labute approximate surface area is 110 Å². The summed E-state index contributed by atoms with van der Waals surface area (Å²) in [5.74, 6) is -1.08.